The van der Waals surface area contributed by atoms with E-state index in [-0.39, 0.29) is 0 Å². The number of amides is 1. The van der Waals surface area contributed by atoms with Crippen LogP contribution in [0.5, 0.6) is 0 Å². The van der Waals surface area contributed by atoms with E-state index >= 15 is 0 Å². The summed E-state index contributed by atoms with van der Waals surface area (Å²) >= 11 is 0. The van der Waals surface area contributed by atoms with Crippen molar-refractivity contribution in [3.63, 3.8) is 0 Å². The Morgan fingerprint density at radius 1 is 1.17 bits per heavy atom. The van der Waals surface area contributed by atoms with Crippen LogP contribution in [0.15, 0.2) is 55.0 Å². The molecule has 0 spiro atoms. The highest BCUT2D eigenvalue weighted by molar-refractivity contribution is 5.92. The number of primary amides is 1. The van der Waals surface area contributed by atoms with Gasteiger partial charge in [0.1, 0.15) is 11.3 Å². The summed E-state index contributed by atoms with van der Waals surface area (Å²) in [6.07, 6.45) is 5.01. The molecule has 0 bridgehead atoms. The average Bonchev–Trinajstić information content (AvgIpc) is 3.21. The van der Waals surface area contributed by atoms with Crippen molar-refractivity contribution in [2.75, 3.05) is 0 Å². The largest absolute Gasteiger partial charge is 0.364 e. The van der Waals surface area contributed by atoms with Crippen molar-refractivity contribution in [1.82, 2.24) is 24.1 Å². The van der Waals surface area contributed by atoms with Gasteiger partial charge in [-0.3, -0.25) is 9.20 Å². The summed E-state index contributed by atoms with van der Waals surface area (Å²) in [6.45, 7) is 1.93. The summed E-state index contributed by atoms with van der Waals surface area (Å²) in [7, 11) is 0. The maximum absolute atomic E-state index is 11.5. The molecule has 2 N–H and O–H groups in total. The number of hydrogen-bond acceptors (Lipinski definition) is 4. The van der Waals surface area contributed by atoms with Gasteiger partial charge in [0.2, 0.25) is 0 Å². The second-order valence-electron chi connectivity index (χ2n) is 5.42. The lowest BCUT2D eigenvalue weighted by Crippen LogP contribution is -2.13. The number of nitrogens with two attached hydrogens (primary N) is 1. The van der Waals surface area contributed by atoms with Crippen LogP contribution in [0.25, 0.3) is 22.7 Å². The topological polar surface area (TPSA) is 91.1 Å². The third-order valence-electron chi connectivity index (χ3n) is 3.79. The normalized spacial score (nSPS) is 11.0. The molecule has 7 nitrogen and oxygen atoms in total. The van der Waals surface area contributed by atoms with Crippen molar-refractivity contribution < 1.29 is 4.79 Å². The number of rotatable bonds is 3. The lowest BCUT2D eigenvalue weighted by molar-refractivity contribution is 0.0995. The zero-order valence-corrected chi connectivity index (χ0v) is 12.9. The van der Waals surface area contributed by atoms with Crippen molar-refractivity contribution in [3.8, 4) is 17.1 Å². The predicted molar refractivity (Wildman–Crippen MR) is 88.8 cm³/mol. The summed E-state index contributed by atoms with van der Waals surface area (Å²) in [5, 5.41) is 4.37. The maximum Gasteiger partial charge on any atom is 0.267 e. The zero-order chi connectivity index (χ0) is 16.7. The molecule has 0 aromatic carbocycles. The van der Waals surface area contributed by atoms with Gasteiger partial charge in [0.25, 0.3) is 5.91 Å². The molecule has 0 unspecified atom stereocenters. The lowest BCUT2D eigenvalue weighted by Gasteiger charge is -2.08. The molecule has 4 heterocycles. The van der Waals surface area contributed by atoms with Crippen LogP contribution < -0.4 is 5.73 Å². The van der Waals surface area contributed by atoms with E-state index in [9.17, 15) is 4.79 Å². The molecule has 0 atom stereocenters. The number of nitrogens with zero attached hydrogens (tertiary/aromatic N) is 5. The van der Waals surface area contributed by atoms with Gasteiger partial charge in [-0.25, -0.2) is 14.6 Å². The Kier molecular flexibility index (Phi) is 3.13. The van der Waals surface area contributed by atoms with E-state index < -0.39 is 5.91 Å². The van der Waals surface area contributed by atoms with Crippen LogP contribution in [0.4, 0.5) is 0 Å². The number of aromatic nitrogens is 5. The van der Waals surface area contributed by atoms with E-state index in [1.54, 1.807) is 15.3 Å². The quantitative estimate of drug-likeness (QED) is 0.625. The molecule has 7 heteroatoms. The van der Waals surface area contributed by atoms with Crippen molar-refractivity contribution in [2.45, 2.75) is 6.92 Å². The van der Waals surface area contributed by atoms with Crippen molar-refractivity contribution >= 4 is 11.6 Å². The molecule has 4 aromatic heterocycles. The summed E-state index contributed by atoms with van der Waals surface area (Å²) in [4.78, 5) is 20.2. The standard InChI is InChI=1S/C17H14N6O/c1-11-3-2-4-16(21-11)23-13(7-8-20-23)12-5-6-15-19-9-14(17(18)24)22(15)10-12/h2-10H,1H3,(H2,18,24). The van der Waals surface area contributed by atoms with Gasteiger partial charge >= 0.3 is 0 Å². The van der Waals surface area contributed by atoms with Crippen LogP contribution >= 0.6 is 0 Å². The summed E-state index contributed by atoms with van der Waals surface area (Å²) < 4.78 is 3.44. The summed E-state index contributed by atoms with van der Waals surface area (Å²) in [5.74, 6) is 0.212. The molecule has 0 radical (unpaired) electrons. The number of fused-ring (bicyclic) bond motifs is 1. The Bertz CT molecular complexity index is 1060. The van der Waals surface area contributed by atoms with Gasteiger partial charge in [0, 0.05) is 17.5 Å². The molecule has 0 fully saturated rings. The van der Waals surface area contributed by atoms with Gasteiger partial charge in [-0.1, -0.05) is 6.07 Å². The van der Waals surface area contributed by atoms with E-state index in [1.165, 1.54) is 6.20 Å². The number of imidazole rings is 1. The number of carbonyl (C=O) groups is 1. The van der Waals surface area contributed by atoms with Crippen LogP contribution in [0.1, 0.15) is 16.2 Å². The van der Waals surface area contributed by atoms with Gasteiger partial charge < -0.3 is 5.73 Å². The van der Waals surface area contributed by atoms with Crippen LogP contribution in [0, 0.1) is 6.92 Å². The molecule has 0 saturated heterocycles. The van der Waals surface area contributed by atoms with E-state index in [0.717, 1.165) is 22.8 Å². The van der Waals surface area contributed by atoms with Gasteiger partial charge in [0.15, 0.2) is 5.82 Å². The first kappa shape index (κ1) is 14.1. The molecule has 24 heavy (non-hydrogen) atoms. The van der Waals surface area contributed by atoms with E-state index in [2.05, 4.69) is 15.1 Å². The van der Waals surface area contributed by atoms with E-state index in [4.69, 9.17) is 5.73 Å². The highest BCUT2D eigenvalue weighted by Crippen LogP contribution is 2.23. The van der Waals surface area contributed by atoms with Crippen LogP contribution in [0.2, 0.25) is 0 Å². The third kappa shape index (κ3) is 2.23. The first-order valence-corrected chi connectivity index (χ1v) is 7.39. The van der Waals surface area contributed by atoms with Crippen LogP contribution in [0.3, 0.4) is 0 Å². The highest BCUT2D eigenvalue weighted by atomic mass is 16.1. The molecule has 4 rings (SSSR count). The number of hydrogen-bond donors (Lipinski definition) is 1. The van der Waals surface area contributed by atoms with Gasteiger partial charge in [-0.15, -0.1) is 0 Å². The molecular weight excluding hydrogens is 304 g/mol. The Labute approximate surface area is 137 Å². The molecule has 1 amide bonds. The van der Waals surface area contributed by atoms with Crippen molar-refractivity contribution in [2.24, 2.45) is 5.73 Å². The minimum absolute atomic E-state index is 0.339. The predicted octanol–water partition coefficient (Wildman–Crippen LogP) is 1.99. The fourth-order valence-corrected chi connectivity index (χ4v) is 2.67. The summed E-state index contributed by atoms with van der Waals surface area (Å²) in [6, 6.07) is 11.4. The van der Waals surface area contributed by atoms with Gasteiger partial charge in [-0.05, 0) is 37.3 Å². The molecule has 0 aliphatic rings. The smallest absolute Gasteiger partial charge is 0.267 e. The lowest BCUT2D eigenvalue weighted by atomic mass is 10.2. The van der Waals surface area contributed by atoms with Crippen molar-refractivity contribution in [1.29, 1.82) is 0 Å². The van der Waals surface area contributed by atoms with Crippen molar-refractivity contribution in [3.05, 3.63) is 66.4 Å². The number of carbonyl (C=O) groups excluding carboxylic acids is 1. The maximum atomic E-state index is 11.5. The highest BCUT2D eigenvalue weighted by Gasteiger charge is 2.13. The molecule has 118 valence electrons. The molecular formula is C17H14N6O. The van der Waals surface area contributed by atoms with Gasteiger partial charge in [0.05, 0.1) is 18.1 Å². The fourth-order valence-electron chi connectivity index (χ4n) is 2.67. The minimum Gasteiger partial charge on any atom is -0.364 e. The Morgan fingerprint density at radius 2 is 2.04 bits per heavy atom. The second-order valence-corrected chi connectivity index (χ2v) is 5.42. The monoisotopic (exact) mass is 318 g/mol. The van der Waals surface area contributed by atoms with E-state index in [1.807, 2.05) is 49.5 Å². The molecule has 0 aliphatic heterocycles. The average molecular weight is 318 g/mol. The van der Waals surface area contributed by atoms with Gasteiger partial charge in [-0.2, -0.15) is 5.10 Å². The van der Waals surface area contributed by atoms with E-state index in [0.29, 0.717) is 11.3 Å². The third-order valence-corrected chi connectivity index (χ3v) is 3.79. The minimum atomic E-state index is -0.520. The van der Waals surface area contributed by atoms with Crippen LogP contribution in [-0.2, 0) is 0 Å². The molecule has 4 aromatic rings. The zero-order valence-electron chi connectivity index (χ0n) is 12.9. The Hall–Kier alpha value is -3.48. The summed E-state index contributed by atoms with van der Waals surface area (Å²) in [5.41, 5.74) is 9.05. The fraction of sp³-hybridized carbons (Fsp3) is 0.0588. The first-order valence-electron chi connectivity index (χ1n) is 7.39. The molecule has 0 aliphatic carbocycles. The Balaban J connectivity index is 1.88. The first-order chi connectivity index (χ1) is 11.6. The Morgan fingerprint density at radius 3 is 2.83 bits per heavy atom. The second kappa shape index (κ2) is 5.31. The number of pyridine rings is 2. The SMILES string of the molecule is Cc1cccc(-n2nccc2-c2ccc3ncc(C(N)=O)n3c2)n1. The molecule has 0 saturated carbocycles. The number of aryl methyl sites for hydroxylation is 1. The van der Waals surface area contributed by atoms with Crippen LogP contribution in [-0.4, -0.2) is 30.1 Å².